The predicted octanol–water partition coefficient (Wildman–Crippen LogP) is 5.65. The molecule has 1 N–H and O–H groups in total. The fourth-order valence-corrected chi connectivity index (χ4v) is 3.26. The van der Waals surface area contributed by atoms with Gasteiger partial charge < -0.3 is 5.32 Å². The predicted molar refractivity (Wildman–Crippen MR) is 110 cm³/mol. The smallest absolute Gasteiger partial charge is 0.255 e. The van der Waals surface area contributed by atoms with E-state index in [1.807, 2.05) is 36.6 Å². The zero-order chi connectivity index (χ0) is 18.5. The van der Waals surface area contributed by atoms with Crippen LogP contribution in [0.5, 0.6) is 0 Å². The normalized spacial score (nSPS) is 10.4. The molecule has 0 aliphatic rings. The summed E-state index contributed by atoms with van der Waals surface area (Å²) in [7, 11) is 0. The second-order valence-electron chi connectivity index (χ2n) is 5.57. The Kier molecular flexibility index (Phi) is 5.91. The Balaban J connectivity index is 1.90. The van der Waals surface area contributed by atoms with Crippen LogP contribution in [0.4, 0.5) is 5.69 Å². The van der Waals surface area contributed by atoms with Crippen molar-refractivity contribution in [3.63, 3.8) is 0 Å². The lowest BCUT2D eigenvalue weighted by Gasteiger charge is -2.11. The molecule has 3 aromatic carbocycles. The summed E-state index contributed by atoms with van der Waals surface area (Å²) in [5, 5.41) is 2.85. The number of hydrogen-bond donors (Lipinski definition) is 1. The summed E-state index contributed by atoms with van der Waals surface area (Å²) in [4.78, 5) is 26.5. The van der Waals surface area contributed by atoms with Crippen molar-refractivity contribution in [3.05, 3.63) is 94.0 Å². The molecule has 0 bridgehead atoms. The monoisotopic (exact) mass is 425 g/mol. The van der Waals surface area contributed by atoms with Crippen LogP contribution in [0.1, 0.15) is 26.3 Å². The summed E-state index contributed by atoms with van der Waals surface area (Å²) >= 11 is 5.01. The lowest BCUT2D eigenvalue weighted by atomic mass is 10.0. The first-order chi connectivity index (χ1) is 12.6. The molecule has 3 rings (SSSR count). The quantitative estimate of drug-likeness (QED) is 0.423. The Hall–Kier alpha value is -2.37. The number of rotatable bonds is 5. The van der Waals surface area contributed by atoms with Crippen molar-refractivity contribution in [1.82, 2.24) is 0 Å². The zero-order valence-corrected chi connectivity index (χ0v) is 16.4. The number of nitrogens with one attached hydrogen (secondary N) is 1. The van der Waals surface area contributed by atoms with Crippen molar-refractivity contribution in [2.45, 2.75) is 4.90 Å². The number of ketones is 1. The van der Waals surface area contributed by atoms with Crippen LogP contribution in [0.25, 0.3) is 0 Å². The molecule has 3 aromatic rings. The SMILES string of the molecule is CSc1ccc(C(=O)Nc2ccc(Br)cc2C(=O)c2ccccc2)cc1. The maximum absolute atomic E-state index is 12.8. The maximum atomic E-state index is 12.8. The maximum Gasteiger partial charge on any atom is 0.255 e. The first-order valence-electron chi connectivity index (χ1n) is 7.93. The van der Waals surface area contributed by atoms with Gasteiger partial charge >= 0.3 is 0 Å². The standard InChI is InChI=1S/C21H16BrNO2S/c1-26-17-10-7-15(8-11-17)21(25)23-19-12-9-16(22)13-18(19)20(24)14-5-3-2-4-6-14/h2-13H,1H3,(H,23,25). The highest BCUT2D eigenvalue weighted by molar-refractivity contribution is 9.10. The molecule has 0 aromatic heterocycles. The number of amides is 1. The molecule has 0 saturated heterocycles. The lowest BCUT2D eigenvalue weighted by molar-refractivity contribution is 0.102. The van der Waals surface area contributed by atoms with E-state index in [1.54, 1.807) is 54.2 Å². The molecule has 0 fully saturated rings. The summed E-state index contributed by atoms with van der Waals surface area (Å²) in [5.74, 6) is -0.387. The molecule has 26 heavy (non-hydrogen) atoms. The second-order valence-corrected chi connectivity index (χ2v) is 7.36. The molecule has 0 spiro atoms. The highest BCUT2D eigenvalue weighted by Crippen LogP contribution is 2.25. The second kappa shape index (κ2) is 8.34. The van der Waals surface area contributed by atoms with Gasteiger partial charge in [0.1, 0.15) is 0 Å². The van der Waals surface area contributed by atoms with E-state index in [0.29, 0.717) is 22.4 Å². The average molecular weight is 426 g/mol. The van der Waals surface area contributed by atoms with Crippen molar-refractivity contribution < 1.29 is 9.59 Å². The van der Waals surface area contributed by atoms with Crippen LogP contribution in [-0.4, -0.2) is 17.9 Å². The minimum atomic E-state index is -0.248. The molecule has 130 valence electrons. The van der Waals surface area contributed by atoms with Gasteiger partial charge in [0.15, 0.2) is 5.78 Å². The van der Waals surface area contributed by atoms with Gasteiger partial charge in [-0.25, -0.2) is 0 Å². The van der Waals surface area contributed by atoms with Crippen LogP contribution in [0.15, 0.2) is 82.2 Å². The number of carbonyl (C=O) groups excluding carboxylic acids is 2. The molecule has 0 unspecified atom stereocenters. The van der Waals surface area contributed by atoms with Crippen LogP contribution in [0, 0.1) is 0 Å². The van der Waals surface area contributed by atoms with Crippen LogP contribution >= 0.6 is 27.7 Å². The van der Waals surface area contributed by atoms with Gasteiger partial charge in [0.05, 0.1) is 5.69 Å². The zero-order valence-electron chi connectivity index (χ0n) is 14.0. The molecule has 0 heterocycles. The minimum absolute atomic E-state index is 0.139. The van der Waals surface area contributed by atoms with Crippen LogP contribution in [-0.2, 0) is 0 Å². The Morgan fingerprint density at radius 2 is 1.58 bits per heavy atom. The first-order valence-corrected chi connectivity index (χ1v) is 9.95. The molecule has 0 radical (unpaired) electrons. The van der Waals surface area contributed by atoms with Crippen molar-refractivity contribution in [2.24, 2.45) is 0 Å². The molecule has 3 nitrogen and oxygen atoms in total. The van der Waals surface area contributed by atoms with Gasteiger partial charge in [-0.1, -0.05) is 46.3 Å². The highest BCUT2D eigenvalue weighted by atomic mass is 79.9. The number of halogens is 1. The van der Waals surface area contributed by atoms with E-state index in [-0.39, 0.29) is 11.7 Å². The molecule has 1 amide bonds. The van der Waals surface area contributed by atoms with Gasteiger partial charge in [-0.05, 0) is 48.7 Å². The summed E-state index contributed by atoms with van der Waals surface area (Å²) in [6, 6.07) is 21.6. The van der Waals surface area contributed by atoms with Gasteiger partial charge in [-0.3, -0.25) is 9.59 Å². The molecular weight excluding hydrogens is 410 g/mol. The molecule has 0 aliphatic carbocycles. The van der Waals surface area contributed by atoms with Crippen LogP contribution < -0.4 is 5.32 Å². The van der Waals surface area contributed by atoms with Crippen molar-refractivity contribution in [1.29, 1.82) is 0 Å². The largest absolute Gasteiger partial charge is 0.321 e. The van der Waals surface area contributed by atoms with Crippen LogP contribution in [0.2, 0.25) is 0 Å². The van der Waals surface area contributed by atoms with Gasteiger partial charge in [-0.2, -0.15) is 0 Å². The van der Waals surface area contributed by atoms with E-state index in [4.69, 9.17) is 0 Å². The third kappa shape index (κ3) is 4.23. The highest BCUT2D eigenvalue weighted by Gasteiger charge is 2.16. The van der Waals surface area contributed by atoms with Gasteiger partial charge in [-0.15, -0.1) is 11.8 Å². The molecule has 5 heteroatoms. The Morgan fingerprint density at radius 3 is 2.23 bits per heavy atom. The van der Waals surface area contributed by atoms with Crippen molar-refractivity contribution in [3.8, 4) is 0 Å². The van der Waals surface area contributed by atoms with E-state index in [9.17, 15) is 9.59 Å². The fourth-order valence-electron chi connectivity index (χ4n) is 2.50. The van der Waals surface area contributed by atoms with E-state index < -0.39 is 0 Å². The van der Waals surface area contributed by atoms with Gasteiger partial charge in [0.2, 0.25) is 0 Å². The molecule has 0 atom stereocenters. The van der Waals surface area contributed by atoms with E-state index in [1.165, 1.54) is 0 Å². The number of thioether (sulfide) groups is 1. The Labute approximate surface area is 165 Å². The summed E-state index contributed by atoms with van der Waals surface area (Å²) in [6.45, 7) is 0. The number of anilines is 1. The Morgan fingerprint density at radius 1 is 0.885 bits per heavy atom. The third-order valence-corrected chi connectivity index (χ3v) is 5.10. The molecule has 0 aliphatic heterocycles. The number of carbonyl (C=O) groups is 2. The summed E-state index contributed by atoms with van der Waals surface area (Å²) < 4.78 is 0.777. The minimum Gasteiger partial charge on any atom is -0.321 e. The Bertz CT molecular complexity index is 940. The number of benzene rings is 3. The first kappa shape index (κ1) is 18.4. The lowest BCUT2D eigenvalue weighted by Crippen LogP contribution is -2.15. The summed E-state index contributed by atoms with van der Waals surface area (Å²) in [5.41, 5.74) is 2.05. The topological polar surface area (TPSA) is 46.2 Å². The van der Waals surface area contributed by atoms with E-state index >= 15 is 0 Å². The van der Waals surface area contributed by atoms with Gasteiger partial charge in [0.25, 0.3) is 5.91 Å². The van der Waals surface area contributed by atoms with Gasteiger partial charge in [0, 0.05) is 26.1 Å². The number of hydrogen-bond acceptors (Lipinski definition) is 3. The van der Waals surface area contributed by atoms with Crippen molar-refractivity contribution in [2.75, 3.05) is 11.6 Å². The average Bonchev–Trinajstić information content (AvgIpc) is 2.69. The fraction of sp³-hybridized carbons (Fsp3) is 0.0476. The molecule has 0 saturated carbocycles. The van der Waals surface area contributed by atoms with Crippen LogP contribution in [0.3, 0.4) is 0 Å². The molecular formula is C21H16BrNO2S. The summed E-state index contributed by atoms with van der Waals surface area (Å²) in [6.07, 6.45) is 1.98. The van der Waals surface area contributed by atoms with E-state index in [0.717, 1.165) is 9.37 Å². The third-order valence-electron chi connectivity index (χ3n) is 3.86. The van der Waals surface area contributed by atoms with E-state index in [2.05, 4.69) is 21.2 Å². The van der Waals surface area contributed by atoms with Crippen molar-refractivity contribution >= 4 is 45.1 Å².